The minimum absolute atomic E-state index is 0.342. The van der Waals surface area contributed by atoms with E-state index in [-0.39, 0.29) is 0 Å². The first kappa shape index (κ1) is 13.5. The summed E-state index contributed by atoms with van der Waals surface area (Å²) in [5.74, 6) is 0.971. The van der Waals surface area contributed by atoms with E-state index in [0.29, 0.717) is 11.5 Å². The lowest BCUT2D eigenvalue weighted by molar-refractivity contribution is 0.594. The molecule has 0 unspecified atom stereocenters. The summed E-state index contributed by atoms with van der Waals surface area (Å²) in [7, 11) is 1.87. The molecular formula is C17H25N3. The van der Waals surface area contributed by atoms with Gasteiger partial charge in [-0.05, 0) is 31.2 Å². The van der Waals surface area contributed by atoms with E-state index >= 15 is 0 Å². The largest absolute Gasteiger partial charge is 0.356 e. The van der Waals surface area contributed by atoms with Crippen LogP contribution in [0.4, 0.5) is 0 Å². The van der Waals surface area contributed by atoms with Crippen LogP contribution in [0, 0.1) is 0 Å². The fourth-order valence-corrected chi connectivity index (χ4v) is 3.22. The highest BCUT2D eigenvalue weighted by Crippen LogP contribution is 2.47. The molecule has 0 heterocycles. The molecule has 2 aliphatic carbocycles. The van der Waals surface area contributed by atoms with E-state index in [2.05, 4.69) is 46.0 Å². The molecule has 0 bridgehead atoms. The summed E-state index contributed by atoms with van der Waals surface area (Å²) in [5, 5.41) is 7.09. The number of hydrogen-bond donors (Lipinski definition) is 2. The molecule has 2 N–H and O–H groups in total. The second-order valence-electron chi connectivity index (χ2n) is 6.20. The average Bonchev–Trinajstić information content (AvgIpc) is 3.12. The second-order valence-corrected chi connectivity index (χ2v) is 6.20. The van der Waals surface area contributed by atoms with Crippen LogP contribution < -0.4 is 10.6 Å². The maximum atomic E-state index is 4.37. The lowest BCUT2D eigenvalue weighted by Gasteiger charge is -2.21. The van der Waals surface area contributed by atoms with Gasteiger partial charge >= 0.3 is 0 Å². The van der Waals surface area contributed by atoms with Crippen molar-refractivity contribution in [3.8, 4) is 0 Å². The molecule has 1 aromatic carbocycles. The van der Waals surface area contributed by atoms with Gasteiger partial charge in [-0.3, -0.25) is 4.99 Å². The molecule has 0 spiro atoms. The number of aliphatic imine (C=N–C) groups is 1. The van der Waals surface area contributed by atoms with Crippen molar-refractivity contribution in [3.05, 3.63) is 35.9 Å². The number of nitrogens with one attached hydrogen (secondary N) is 2. The zero-order valence-corrected chi connectivity index (χ0v) is 12.4. The van der Waals surface area contributed by atoms with Gasteiger partial charge in [0.2, 0.25) is 0 Å². The minimum atomic E-state index is 0.342. The highest BCUT2D eigenvalue weighted by atomic mass is 15.2. The van der Waals surface area contributed by atoms with Crippen molar-refractivity contribution >= 4 is 5.96 Å². The Kier molecular flexibility index (Phi) is 3.95. The fraction of sp³-hybridized carbons (Fsp3) is 0.588. The summed E-state index contributed by atoms with van der Waals surface area (Å²) >= 11 is 0. The van der Waals surface area contributed by atoms with Crippen LogP contribution in [-0.2, 0) is 5.41 Å². The van der Waals surface area contributed by atoms with E-state index in [4.69, 9.17) is 0 Å². The zero-order chi connectivity index (χ0) is 13.8. The number of rotatable bonds is 4. The Hall–Kier alpha value is -1.51. The molecule has 2 aliphatic rings. The Morgan fingerprint density at radius 3 is 2.50 bits per heavy atom. The molecule has 3 nitrogen and oxygen atoms in total. The van der Waals surface area contributed by atoms with E-state index in [1.807, 2.05) is 7.05 Å². The van der Waals surface area contributed by atoms with Crippen LogP contribution >= 0.6 is 0 Å². The molecule has 108 valence electrons. The van der Waals surface area contributed by atoms with Crippen molar-refractivity contribution in [2.45, 2.75) is 50.0 Å². The maximum Gasteiger partial charge on any atom is 0.191 e. The molecule has 3 rings (SSSR count). The van der Waals surface area contributed by atoms with Crippen molar-refractivity contribution < 1.29 is 0 Å². The van der Waals surface area contributed by atoms with Gasteiger partial charge in [0.1, 0.15) is 0 Å². The van der Waals surface area contributed by atoms with Crippen molar-refractivity contribution in [2.75, 3.05) is 13.6 Å². The van der Waals surface area contributed by atoms with E-state index < -0.39 is 0 Å². The summed E-state index contributed by atoms with van der Waals surface area (Å²) < 4.78 is 0. The molecule has 1 aromatic rings. The lowest BCUT2D eigenvalue weighted by atomic mass is 9.96. The molecule has 2 fully saturated rings. The third-order valence-corrected chi connectivity index (χ3v) is 4.75. The number of benzene rings is 1. The minimum Gasteiger partial charge on any atom is -0.356 e. The Labute approximate surface area is 121 Å². The van der Waals surface area contributed by atoms with Crippen molar-refractivity contribution in [3.63, 3.8) is 0 Å². The van der Waals surface area contributed by atoms with E-state index in [9.17, 15) is 0 Å². The third-order valence-electron chi connectivity index (χ3n) is 4.75. The van der Waals surface area contributed by atoms with Crippen LogP contribution in [0.3, 0.4) is 0 Å². The summed E-state index contributed by atoms with van der Waals surface area (Å²) in [6.07, 6.45) is 7.83. The third kappa shape index (κ3) is 2.97. The average molecular weight is 271 g/mol. The molecule has 3 heteroatoms. The molecule has 0 atom stereocenters. The Bertz CT molecular complexity index is 456. The lowest BCUT2D eigenvalue weighted by Crippen LogP contribution is -2.44. The van der Waals surface area contributed by atoms with E-state index in [1.54, 1.807) is 0 Å². The van der Waals surface area contributed by atoms with Crippen LogP contribution in [0.25, 0.3) is 0 Å². The fourth-order valence-electron chi connectivity index (χ4n) is 3.22. The zero-order valence-electron chi connectivity index (χ0n) is 12.4. The Morgan fingerprint density at radius 2 is 1.90 bits per heavy atom. The van der Waals surface area contributed by atoms with Crippen LogP contribution in [0.5, 0.6) is 0 Å². The number of hydrogen-bond acceptors (Lipinski definition) is 1. The first-order chi connectivity index (χ1) is 9.82. The van der Waals surface area contributed by atoms with Crippen molar-refractivity contribution in [1.82, 2.24) is 10.6 Å². The molecule has 0 aliphatic heterocycles. The Morgan fingerprint density at radius 1 is 1.20 bits per heavy atom. The van der Waals surface area contributed by atoms with E-state index in [0.717, 1.165) is 12.5 Å². The molecule has 0 amide bonds. The quantitative estimate of drug-likeness (QED) is 0.652. The molecule has 0 radical (unpaired) electrons. The van der Waals surface area contributed by atoms with Crippen LogP contribution in [-0.4, -0.2) is 25.6 Å². The molecular weight excluding hydrogens is 246 g/mol. The van der Waals surface area contributed by atoms with Gasteiger partial charge in [-0.1, -0.05) is 43.2 Å². The van der Waals surface area contributed by atoms with Gasteiger partial charge in [-0.15, -0.1) is 0 Å². The second kappa shape index (κ2) is 5.86. The Balaban J connectivity index is 1.55. The number of nitrogens with zero attached hydrogens (tertiary/aromatic N) is 1. The van der Waals surface area contributed by atoms with Gasteiger partial charge in [-0.2, -0.15) is 0 Å². The van der Waals surface area contributed by atoms with Crippen molar-refractivity contribution in [1.29, 1.82) is 0 Å². The monoisotopic (exact) mass is 271 g/mol. The summed E-state index contributed by atoms with van der Waals surface area (Å²) in [4.78, 5) is 4.37. The first-order valence-corrected chi connectivity index (χ1v) is 7.85. The normalized spacial score (nSPS) is 21.8. The van der Waals surface area contributed by atoms with Gasteiger partial charge in [0, 0.05) is 25.0 Å². The van der Waals surface area contributed by atoms with Gasteiger partial charge in [0.25, 0.3) is 0 Å². The van der Waals surface area contributed by atoms with Gasteiger partial charge in [0.15, 0.2) is 5.96 Å². The standard InChI is InChI=1S/C17H25N3/c1-18-16(20-15-9-5-6-10-15)19-13-17(11-12-17)14-7-3-2-4-8-14/h2-4,7-8,15H,5-6,9-13H2,1H3,(H2,18,19,20). The number of guanidine groups is 1. The van der Waals surface area contributed by atoms with Crippen molar-refractivity contribution in [2.24, 2.45) is 4.99 Å². The van der Waals surface area contributed by atoms with Gasteiger partial charge in [0.05, 0.1) is 0 Å². The van der Waals surface area contributed by atoms with Gasteiger partial charge < -0.3 is 10.6 Å². The van der Waals surface area contributed by atoms with Crippen LogP contribution in [0.2, 0.25) is 0 Å². The van der Waals surface area contributed by atoms with Crippen LogP contribution in [0.1, 0.15) is 44.1 Å². The predicted molar refractivity (Wildman–Crippen MR) is 84.1 cm³/mol. The van der Waals surface area contributed by atoms with Crippen LogP contribution in [0.15, 0.2) is 35.3 Å². The maximum absolute atomic E-state index is 4.37. The first-order valence-electron chi connectivity index (χ1n) is 7.85. The predicted octanol–water partition coefficient (Wildman–Crippen LogP) is 2.83. The van der Waals surface area contributed by atoms with E-state index in [1.165, 1.54) is 44.1 Å². The summed E-state index contributed by atoms with van der Waals surface area (Å²) in [6.45, 7) is 0.989. The molecule has 0 aromatic heterocycles. The topological polar surface area (TPSA) is 36.4 Å². The molecule has 0 saturated heterocycles. The smallest absolute Gasteiger partial charge is 0.191 e. The summed E-state index contributed by atoms with van der Waals surface area (Å²) in [5.41, 5.74) is 1.80. The summed E-state index contributed by atoms with van der Waals surface area (Å²) in [6, 6.07) is 11.5. The molecule has 2 saturated carbocycles. The highest BCUT2D eigenvalue weighted by Gasteiger charge is 2.44. The highest BCUT2D eigenvalue weighted by molar-refractivity contribution is 5.80. The SMILES string of the molecule is CN=C(NCC1(c2ccccc2)CC1)NC1CCCC1. The van der Waals surface area contributed by atoms with Gasteiger partial charge in [-0.25, -0.2) is 0 Å². The molecule has 20 heavy (non-hydrogen) atoms.